The van der Waals surface area contributed by atoms with Gasteiger partial charge in [0.05, 0.1) is 0 Å². The van der Waals surface area contributed by atoms with Gasteiger partial charge in [-0.1, -0.05) is 0 Å². The van der Waals surface area contributed by atoms with Crippen molar-refractivity contribution in [1.29, 1.82) is 0 Å². The number of hydrogen-bond acceptors (Lipinski definition) is 2. The first-order valence-corrected chi connectivity index (χ1v) is 22.3. The van der Waals surface area contributed by atoms with Gasteiger partial charge in [0.2, 0.25) is 0 Å². The molecule has 0 aromatic carbocycles. The molecule has 52 valence electrons. The van der Waals surface area contributed by atoms with Gasteiger partial charge in [-0.25, -0.2) is 0 Å². The Labute approximate surface area is 77.2 Å². The summed E-state index contributed by atoms with van der Waals surface area (Å²) in [6.45, 7) is 2.12. The van der Waals surface area contributed by atoms with Crippen LogP contribution < -0.4 is 0 Å². The van der Waals surface area contributed by atoms with E-state index < -0.39 is 20.2 Å². The zero-order valence-electron chi connectivity index (χ0n) is 5.85. The average molecular weight is 431 g/mol. The Hall–Kier alpha value is 1.59. The summed E-state index contributed by atoms with van der Waals surface area (Å²) in [5.74, 6) is 0. The number of hydrogen-bond donors (Lipinski definition) is 1. The van der Waals surface area contributed by atoms with Gasteiger partial charge in [-0.05, 0) is 0 Å². The summed E-state index contributed by atoms with van der Waals surface area (Å²) in [6, 6.07) is 0. The van der Waals surface area contributed by atoms with Crippen LogP contribution in [0.3, 0.4) is 0 Å². The van der Waals surface area contributed by atoms with Crippen LogP contribution in [-0.2, 0) is 25.0 Å². The van der Waals surface area contributed by atoms with Crippen molar-refractivity contribution in [2.24, 2.45) is 0 Å². The first kappa shape index (κ1) is 10.6. The molecule has 0 radical (unpaired) electrons. The molecule has 1 unspecified atom stereocenters. The van der Waals surface area contributed by atoms with E-state index in [1.807, 2.05) is 6.92 Å². The molecule has 0 heterocycles. The van der Waals surface area contributed by atoms with Gasteiger partial charge < -0.3 is 0 Å². The molecule has 0 rings (SSSR count). The first-order valence-electron chi connectivity index (χ1n) is 2.90. The van der Waals surface area contributed by atoms with Crippen molar-refractivity contribution in [1.82, 2.24) is 0 Å². The Morgan fingerprint density at radius 1 is 1.78 bits per heavy atom. The fourth-order valence-corrected chi connectivity index (χ4v) is 13.4. The van der Waals surface area contributed by atoms with Crippen molar-refractivity contribution in [2.75, 3.05) is 13.7 Å². The fraction of sp³-hybridized carbons (Fsp3) is 1.00. The zero-order chi connectivity index (χ0) is 7.33. The number of rotatable bonds is 4. The zero-order valence-corrected chi connectivity index (χ0v) is 13.5. The van der Waals surface area contributed by atoms with Gasteiger partial charge in [-0.15, -0.1) is 0 Å². The molecule has 2 nitrogen and oxygen atoms in total. The number of aliphatic hydroxyl groups excluding tert-OH is 1. The van der Waals surface area contributed by atoms with Crippen LogP contribution in [0.5, 0.6) is 0 Å². The predicted molar refractivity (Wildman–Crippen MR) is 41.3 cm³/mol. The quantitative estimate of drug-likeness (QED) is 0.537. The molecule has 0 aromatic rings. The Bertz CT molecular complexity index is 75.4. The maximum atomic E-state index is 8.82. The van der Waals surface area contributed by atoms with E-state index in [1.165, 1.54) is 0 Å². The van der Waals surface area contributed by atoms with Crippen molar-refractivity contribution in [3.05, 3.63) is 0 Å². The molecule has 0 amide bonds. The van der Waals surface area contributed by atoms with E-state index in [1.54, 1.807) is 7.11 Å². The third kappa shape index (κ3) is 4.11. The monoisotopic (exact) mass is 432 g/mol. The Balaban J connectivity index is 3.62. The molecule has 0 aliphatic rings. The average Bonchev–Trinajstić information content (AvgIpc) is 1.89. The molecule has 0 fully saturated rings. The van der Waals surface area contributed by atoms with Gasteiger partial charge in [-0.3, -0.25) is 0 Å². The van der Waals surface area contributed by atoms with Crippen LogP contribution in [0.1, 0.15) is 6.92 Å². The molecule has 1 atom stereocenters. The van der Waals surface area contributed by atoms with Gasteiger partial charge in [0, 0.05) is 0 Å². The summed E-state index contributed by atoms with van der Waals surface area (Å²) in [7, 11) is 1.66. The third-order valence-electron chi connectivity index (χ3n) is 1.45. The van der Waals surface area contributed by atoms with Gasteiger partial charge in [0.15, 0.2) is 0 Å². The maximum absolute atomic E-state index is 8.82. The standard InChI is InChI=1S/C5H11O2.Hg.HI/c1-5(2,4-6)7-3;;/h6H,1,4H2,2-3H3;;1H/q;+1;/p-1. The van der Waals surface area contributed by atoms with Gasteiger partial charge in [0.1, 0.15) is 0 Å². The summed E-state index contributed by atoms with van der Waals surface area (Å²) >= 11 is 1.84. The van der Waals surface area contributed by atoms with Crippen molar-refractivity contribution >= 4 is 17.7 Å². The third-order valence-corrected chi connectivity index (χ3v) is 11.0. The molecule has 0 aliphatic heterocycles. The van der Waals surface area contributed by atoms with Crippen LogP contribution >= 0.6 is 17.7 Å². The first-order chi connectivity index (χ1) is 4.18. The second-order valence-electron chi connectivity index (χ2n) is 2.25. The molecule has 4 heteroatoms. The summed E-state index contributed by atoms with van der Waals surface area (Å²) < 4.78 is 6.25. The van der Waals surface area contributed by atoms with Crippen molar-refractivity contribution < 1.29 is 30.1 Å². The second-order valence-corrected chi connectivity index (χ2v) is 15.1. The van der Waals surface area contributed by atoms with Crippen molar-refractivity contribution in [2.45, 2.75) is 16.5 Å². The van der Waals surface area contributed by atoms with E-state index in [2.05, 4.69) is 17.7 Å². The predicted octanol–water partition coefficient (Wildman–Crippen LogP) is 1.23. The van der Waals surface area contributed by atoms with Crippen LogP contribution in [0.4, 0.5) is 0 Å². The topological polar surface area (TPSA) is 29.5 Å². The number of methoxy groups -OCH3 is 1. The summed E-state index contributed by atoms with van der Waals surface area (Å²) in [5, 5.41) is 8.82. The minimum atomic E-state index is -0.653. The van der Waals surface area contributed by atoms with Crippen molar-refractivity contribution in [3.8, 4) is 0 Å². The Morgan fingerprint density at radius 3 is 2.44 bits per heavy atom. The van der Waals surface area contributed by atoms with Crippen LogP contribution in [0.25, 0.3) is 0 Å². The molecule has 0 aromatic heterocycles. The fourth-order valence-electron chi connectivity index (χ4n) is 0.446. The van der Waals surface area contributed by atoms with E-state index in [0.717, 1.165) is 3.93 Å². The van der Waals surface area contributed by atoms with E-state index >= 15 is 0 Å². The van der Waals surface area contributed by atoms with E-state index in [4.69, 9.17) is 9.84 Å². The van der Waals surface area contributed by atoms with Crippen LogP contribution in [-0.4, -0.2) is 24.4 Å². The molecule has 0 spiro atoms. The van der Waals surface area contributed by atoms with Crippen LogP contribution in [0.2, 0.25) is 3.93 Å². The molecule has 1 N–H and O–H groups in total. The molecule has 0 aliphatic carbocycles. The van der Waals surface area contributed by atoms with E-state index in [-0.39, 0.29) is 12.2 Å². The number of ether oxygens (including phenoxy) is 1. The second kappa shape index (κ2) is 5.26. The summed E-state index contributed by atoms with van der Waals surface area (Å²) in [5.41, 5.74) is -0.219. The molecular weight excluding hydrogens is 420 g/mol. The van der Waals surface area contributed by atoms with E-state index in [0.29, 0.717) is 0 Å². The van der Waals surface area contributed by atoms with E-state index in [9.17, 15) is 0 Å². The molecule has 0 saturated heterocycles. The van der Waals surface area contributed by atoms with Gasteiger partial charge in [0.25, 0.3) is 0 Å². The summed E-state index contributed by atoms with van der Waals surface area (Å²) in [6.07, 6.45) is 0. The Morgan fingerprint density at radius 2 is 2.33 bits per heavy atom. The minimum absolute atomic E-state index is 0.159. The van der Waals surface area contributed by atoms with Gasteiger partial charge >= 0.3 is 77.9 Å². The SMILES string of the molecule is COC(C)(CO)[CH2][Hg][I]. The molecule has 9 heavy (non-hydrogen) atoms. The molecule has 0 bridgehead atoms. The van der Waals surface area contributed by atoms with Crippen LogP contribution in [0.15, 0.2) is 0 Å². The molecule has 0 saturated carbocycles. The van der Waals surface area contributed by atoms with Crippen LogP contribution in [0, 0.1) is 0 Å². The Kier molecular flexibility index (Phi) is 6.19. The summed E-state index contributed by atoms with van der Waals surface area (Å²) in [4.78, 5) is 0. The molecular formula is C5H11HgIO2. The van der Waals surface area contributed by atoms with Crippen molar-refractivity contribution in [3.63, 3.8) is 0 Å². The number of halogens is 1. The van der Waals surface area contributed by atoms with Gasteiger partial charge in [-0.2, -0.15) is 0 Å². The normalized spacial score (nSPS) is 16.4. The number of aliphatic hydroxyl groups is 1.